The summed E-state index contributed by atoms with van der Waals surface area (Å²) in [5.74, 6) is 0. The van der Waals surface area contributed by atoms with Gasteiger partial charge in [-0.3, -0.25) is 0 Å². The Morgan fingerprint density at radius 1 is 0.571 bits per heavy atom. The molecule has 1 aromatic heterocycles. The number of benzene rings is 5. The van der Waals surface area contributed by atoms with Crippen molar-refractivity contribution < 1.29 is 0 Å². The first-order chi connectivity index (χ1) is 13.7. The highest BCUT2D eigenvalue weighted by atomic mass is 14.7. The van der Waals surface area contributed by atoms with E-state index < -0.39 is 0 Å². The summed E-state index contributed by atoms with van der Waals surface area (Å²) in [5, 5.41) is 9.11. The second-order valence-electron chi connectivity index (χ2n) is 7.84. The van der Waals surface area contributed by atoms with Crippen LogP contribution in [0, 0.1) is 13.8 Å². The number of aryl methyl sites for hydroxylation is 2. The predicted molar refractivity (Wildman–Crippen MR) is 120 cm³/mol. The highest BCUT2D eigenvalue weighted by molar-refractivity contribution is 6.32. The fourth-order valence-electron chi connectivity index (χ4n) is 4.78. The van der Waals surface area contributed by atoms with Crippen molar-refractivity contribution in [2.24, 2.45) is 0 Å². The number of nitrogens with zero attached hydrogens (tertiary/aromatic N) is 1. The molecule has 0 radical (unpaired) electrons. The average Bonchev–Trinajstić information content (AvgIpc) is 2.70. The summed E-state index contributed by atoms with van der Waals surface area (Å²) in [5.41, 5.74) is 5.84. The first kappa shape index (κ1) is 15.6. The van der Waals surface area contributed by atoms with Crippen LogP contribution in [0.25, 0.3) is 54.5 Å². The molecule has 0 aliphatic rings. The molecule has 1 heterocycles. The minimum atomic E-state index is 1.04. The van der Waals surface area contributed by atoms with Crippen LogP contribution in [0.1, 0.15) is 11.1 Å². The van der Waals surface area contributed by atoms with E-state index in [4.69, 9.17) is 4.98 Å². The van der Waals surface area contributed by atoms with Crippen molar-refractivity contribution in [2.45, 2.75) is 13.8 Å². The molecule has 0 saturated carbocycles. The normalized spacial score (nSPS) is 11.9. The Bertz CT molecular complexity index is 1500. The Balaban J connectivity index is 1.85. The molecule has 0 saturated heterocycles. The zero-order valence-electron chi connectivity index (χ0n) is 16.0. The predicted octanol–water partition coefficient (Wildman–Crippen LogP) is 7.42. The van der Waals surface area contributed by atoms with E-state index in [1.807, 2.05) is 0 Å². The molecule has 5 aromatic carbocycles. The minimum Gasteiger partial charge on any atom is -0.248 e. The third-order valence-electron chi connectivity index (χ3n) is 5.84. The van der Waals surface area contributed by atoms with Gasteiger partial charge in [0.25, 0.3) is 0 Å². The maximum atomic E-state index is 5.07. The minimum absolute atomic E-state index is 1.04. The molecule has 0 N–H and O–H groups in total. The zero-order chi connectivity index (χ0) is 18.8. The monoisotopic (exact) mass is 357 g/mol. The highest BCUT2D eigenvalue weighted by Crippen LogP contribution is 2.40. The Labute approximate surface area is 163 Å². The summed E-state index contributed by atoms with van der Waals surface area (Å²) in [4.78, 5) is 5.07. The van der Waals surface area contributed by atoms with Crippen LogP contribution in [-0.4, -0.2) is 4.98 Å². The average molecular weight is 357 g/mol. The largest absolute Gasteiger partial charge is 0.248 e. The fraction of sp³-hybridized carbons (Fsp3) is 0.0741. The molecule has 0 atom stereocenters. The standard InChI is InChI=1S/C27H19N/c1-16-12-17(2)14-19(13-16)25-15-23-22-9-4-7-18-6-3-8-20(26(18)22)21-10-5-11-24(28-25)27(21)23/h3-15H,1-2H3. The topological polar surface area (TPSA) is 12.9 Å². The van der Waals surface area contributed by atoms with Gasteiger partial charge in [0.1, 0.15) is 0 Å². The number of rotatable bonds is 1. The van der Waals surface area contributed by atoms with E-state index in [1.54, 1.807) is 0 Å². The number of hydrogen-bond acceptors (Lipinski definition) is 1. The van der Waals surface area contributed by atoms with Crippen LogP contribution in [0.15, 0.2) is 78.9 Å². The summed E-state index contributed by atoms with van der Waals surface area (Å²) in [6.45, 7) is 4.30. The van der Waals surface area contributed by atoms with Gasteiger partial charge in [0.15, 0.2) is 0 Å². The first-order valence-corrected chi connectivity index (χ1v) is 9.74. The lowest BCUT2D eigenvalue weighted by molar-refractivity contribution is 1.35. The van der Waals surface area contributed by atoms with Crippen LogP contribution in [-0.2, 0) is 0 Å². The summed E-state index contributed by atoms with van der Waals surface area (Å²) in [6, 6.07) is 28.7. The van der Waals surface area contributed by atoms with Gasteiger partial charge in [-0.15, -0.1) is 0 Å². The van der Waals surface area contributed by atoms with Crippen LogP contribution in [0.4, 0.5) is 0 Å². The molecular formula is C27H19N. The lowest BCUT2D eigenvalue weighted by Crippen LogP contribution is -1.92. The molecule has 0 fully saturated rings. The Kier molecular flexibility index (Phi) is 3.08. The molecule has 0 spiro atoms. The lowest BCUT2D eigenvalue weighted by atomic mass is 9.90. The molecule has 6 aromatic rings. The molecule has 6 rings (SSSR count). The van der Waals surface area contributed by atoms with Crippen molar-refractivity contribution in [3.05, 3.63) is 90.0 Å². The molecule has 28 heavy (non-hydrogen) atoms. The summed E-state index contributed by atoms with van der Waals surface area (Å²) >= 11 is 0. The number of aromatic nitrogens is 1. The van der Waals surface area contributed by atoms with Crippen molar-refractivity contribution >= 4 is 43.2 Å². The smallest absolute Gasteiger partial charge is 0.0722 e. The van der Waals surface area contributed by atoms with Crippen molar-refractivity contribution in [2.75, 3.05) is 0 Å². The van der Waals surface area contributed by atoms with Crippen LogP contribution in [0.3, 0.4) is 0 Å². The Morgan fingerprint density at radius 2 is 1.18 bits per heavy atom. The van der Waals surface area contributed by atoms with E-state index in [9.17, 15) is 0 Å². The van der Waals surface area contributed by atoms with Gasteiger partial charge in [0, 0.05) is 10.9 Å². The van der Waals surface area contributed by atoms with Crippen molar-refractivity contribution in [1.82, 2.24) is 4.98 Å². The van der Waals surface area contributed by atoms with E-state index in [0.717, 1.165) is 11.2 Å². The summed E-state index contributed by atoms with van der Waals surface area (Å²) < 4.78 is 0. The highest BCUT2D eigenvalue weighted by Gasteiger charge is 2.15. The molecule has 0 unspecified atom stereocenters. The van der Waals surface area contributed by atoms with Crippen LogP contribution in [0.5, 0.6) is 0 Å². The molecular weight excluding hydrogens is 338 g/mol. The molecule has 132 valence electrons. The molecule has 0 aliphatic carbocycles. The Morgan fingerprint density at radius 3 is 1.89 bits per heavy atom. The van der Waals surface area contributed by atoms with Gasteiger partial charge < -0.3 is 0 Å². The molecule has 0 bridgehead atoms. The van der Waals surface area contributed by atoms with Crippen LogP contribution >= 0.6 is 0 Å². The third kappa shape index (κ3) is 2.10. The Hall–Kier alpha value is -3.45. The van der Waals surface area contributed by atoms with Crippen LogP contribution < -0.4 is 0 Å². The molecule has 1 heteroatoms. The SMILES string of the molecule is Cc1cc(C)cc(-c2cc3c4cccc5cccc(c6cccc(n2)c63)c54)c1. The van der Waals surface area contributed by atoms with E-state index in [0.29, 0.717) is 0 Å². The van der Waals surface area contributed by atoms with Gasteiger partial charge in [-0.05, 0) is 70.4 Å². The number of pyridine rings is 1. The van der Waals surface area contributed by atoms with Crippen molar-refractivity contribution in [3.63, 3.8) is 0 Å². The maximum absolute atomic E-state index is 5.07. The molecule has 1 nitrogen and oxygen atoms in total. The van der Waals surface area contributed by atoms with Crippen molar-refractivity contribution in [1.29, 1.82) is 0 Å². The van der Waals surface area contributed by atoms with Gasteiger partial charge in [0.2, 0.25) is 0 Å². The fourth-order valence-corrected chi connectivity index (χ4v) is 4.78. The van der Waals surface area contributed by atoms with Gasteiger partial charge in [-0.25, -0.2) is 4.98 Å². The van der Waals surface area contributed by atoms with Crippen LogP contribution in [0.2, 0.25) is 0 Å². The quantitative estimate of drug-likeness (QED) is 0.220. The van der Waals surface area contributed by atoms with Crippen molar-refractivity contribution in [3.8, 4) is 11.3 Å². The first-order valence-electron chi connectivity index (χ1n) is 9.74. The second-order valence-corrected chi connectivity index (χ2v) is 7.84. The zero-order valence-corrected chi connectivity index (χ0v) is 16.0. The van der Waals surface area contributed by atoms with E-state index in [-0.39, 0.29) is 0 Å². The third-order valence-corrected chi connectivity index (χ3v) is 5.84. The summed E-state index contributed by atoms with van der Waals surface area (Å²) in [7, 11) is 0. The summed E-state index contributed by atoms with van der Waals surface area (Å²) in [6.07, 6.45) is 0. The molecule has 0 aliphatic heterocycles. The van der Waals surface area contributed by atoms with Gasteiger partial charge >= 0.3 is 0 Å². The van der Waals surface area contributed by atoms with E-state index in [1.165, 1.54) is 54.4 Å². The number of hydrogen-bond donors (Lipinski definition) is 0. The number of fused-ring (bicyclic) bond motifs is 2. The second kappa shape index (κ2) is 5.53. The van der Waals surface area contributed by atoms with Gasteiger partial charge in [0.05, 0.1) is 11.2 Å². The lowest BCUT2D eigenvalue weighted by Gasteiger charge is -2.15. The van der Waals surface area contributed by atoms with E-state index in [2.05, 4.69) is 92.7 Å². The molecule has 0 amide bonds. The van der Waals surface area contributed by atoms with E-state index >= 15 is 0 Å². The van der Waals surface area contributed by atoms with Gasteiger partial charge in [-0.1, -0.05) is 65.7 Å². The van der Waals surface area contributed by atoms with Gasteiger partial charge in [-0.2, -0.15) is 0 Å². The maximum Gasteiger partial charge on any atom is 0.0722 e.